The van der Waals surface area contributed by atoms with Gasteiger partial charge in [0.15, 0.2) is 0 Å². The average molecular weight is 445 g/mol. The first kappa shape index (κ1) is 22.7. The summed E-state index contributed by atoms with van der Waals surface area (Å²) in [6, 6.07) is 13.3. The van der Waals surface area contributed by atoms with Crippen LogP contribution in [-0.2, 0) is 20.9 Å². The standard InChI is InChI=1S/C23H25ClN2O5/c1-15-20(22(27)31-14-17-6-4-5-7-19(17)30-3)21(16-8-10-18(24)11-9-16)25-23(28)26(15)12-13-29-2/h4-11,21H,12-14H2,1-3H3,(H,25,28). The molecule has 8 heteroatoms. The van der Waals surface area contributed by atoms with Crippen LogP contribution in [0.2, 0.25) is 5.02 Å². The maximum absolute atomic E-state index is 13.2. The van der Waals surface area contributed by atoms with Crippen LogP contribution in [-0.4, -0.2) is 44.3 Å². The van der Waals surface area contributed by atoms with Gasteiger partial charge in [-0.05, 0) is 30.7 Å². The van der Waals surface area contributed by atoms with E-state index in [2.05, 4.69) is 5.32 Å². The number of benzene rings is 2. The zero-order valence-corrected chi connectivity index (χ0v) is 18.4. The number of methoxy groups -OCH3 is 2. The van der Waals surface area contributed by atoms with Gasteiger partial charge in [0.25, 0.3) is 0 Å². The second-order valence-corrected chi connectivity index (χ2v) is 7.40. The first-order valence-electron chi connectivity index (χ1n) is 9.78. The molecular formula is C23H25ClN2O5. The van der Waals surface area contributed by atoms with Crippen molar-refractivity contribution in [1.29, 1.82) is 0 Å². The Bertz CT molecular complexity index is 974. The zero-order valence-electron chi connectivity index (χ0n) is 17.7. The lowest BCUT2D eigenvalue weighted by Gasteiger charge is -2.35. The molecule has 3 rings (SSSR count). The molecule has 0 aromatic heterocycles. The molecule has 0 aliphatic carbocycles. The minimum atomic E-state index is -0.659. The fourth-order valence-electron chi connectivity index (χ4n) is 3.45. The number of rotatable bonds is 8. The van der Waals surface area contributed by atoms with Gasteiger partial charge in [-0.25, -0.2) is 9.59 Å². The number of urea groups is 1. The molecule has 1 heterocycles. The Morgan fingerprint density at radius 2 is 1.84 bits per heavy atom. The summed E-state index contributed by atoms with van der Waals surface area (Å²) >= 11 is 6.01. The second-order valence-electron chi connectivity index (χ2n) is 6.97. The van der Waals surface area contributed by atoms with Crippen molar-refractivity contribution in [2.45, 2.75) is 19.6 Å². The van der Waals surface area contributed by atoms with E-state index in [1.54, 1.807) is 51.5 Å². The van der Waals surface area contributed by atoms with Crippen LogP contribution in [0.3, 0.4) is 0 Å². The third-order valence-electron chi connectivity index (χ3n) is 5.09. The van der Waals surface area contributed by atoms with Gasteiger partial charge in [-0.3, -0.25) is 4.90 Å². The van der Waals surface area contributed by atoms with Crippen molar-refractivity contribution in [2.24, 2.45) is 0 Å². The first-order valence-corrected chi connectivity index (χ1v) is 10.2. The number of carbonyl (C=O) groups excluding carboxylic acids is 2. The summed E-state index contributed by atoms with van der Waals surface area (Å²) in [5.74, 6) is 0.111. The van der Waals surface area contributed by atoms with Crippen LogP contribution < -0.4 is 10.1 Å². The molecule has 0 bridgehead atoms. The smallest absolute Gasteiger partial charge is 0.338 e. The van der Waals surface area contributed by atoms with Gasteiger partial charge in [-0.15, -0.1) is 0 Å². The predicted molar refractivity (Wildman–Crippen MR) is 117 cm³/mol. The quantitative estimate of drug-likeness (QED) is 0.621. The molecule has 0 radical (unpaired) electrons. The van der Waals surface area contributed by atoms with Crippen LogP contribution in [0, 0.1) is 0 Å². The molecule has 0 fully saturated rings. The Morgan fingerprint density at radius 1 is 1.13 bits per heavy atom. The Balaban J connectivity index is 1.92. The molecule has 31 heavy (non-hydrogen) atoms. The number of halogens is 1. The second kappa shape index (κ2) is 10.3. The van der Waals surface area contributed by atoms with Gasteiger partial charge in [0.05, 0.1) is 31.9 Å². The highest BCUT2D eigenvalue weighted by atomic mass is 35.5. The Labute approximate surface area is 186 Å². The minimum absolute atomic E-state index is 0.0407. The molecule has 7 nitrogen and oxygen atoms in total. The number of nitrogens with zero attached hydrogens (tertiary/aromatic N) is 1. The summed E-state index contributed by atoms with van der Waals surface area (Å²) in [6.45, 7) is 2.42. The summed E-state index contributed by atoms with van der Waals surface area (Å²) < 4.78 is 16.1. The van der Waals surface area contributed by atoms with Gasteiger partial charge >= 0.3 is 12.0 Å². The molecule has 1 aliphatic rings. The highest BCUT2D eigenvalue weighted by Gasteiger charge is 2.36. The number of amides is 2. The lowest BCUT2D eigenvalue weighted by Crippen LogP contribution is -2.49. The Kier molecular flexibility index (Phi) is 7.55. The van der Waals surface area contributed by atoms with Crippen LogP contribution in [0.5, 0.6) is 5.75 Å². The maximum Gasteiger partial charge on any atom is 0.338 e. The molecule has 2 aromatic carbocycles. The summed E-state index contributed by atoms with van der Waals surface area (Å²) in [7, 11) is 3.12. The van der Waals surface area contributed by atoms with Crippen molar-refractivity contribution in [3.05, 3.63) is 76.0 Å². The van der Waals surface area contributed by atoms with E-state index in [-0.39, 0.29) is 12.6 Å². The maximum atomic E-state index is 13.2. The number of allylic oxidation sites excluding steroid dienone is 1. The van der Waals surface area contributed by atoms with E-state index < -0.39 is 12.0 Å². The topological polar surface area (TPSA) is 77.1 Å². The lowest BCUT2D eigenvalue weighted by molar-refractivity contribution is -0.141. The Hall–Kier alpha value is -3.03. The number of esters is 1. The number of nitrogens with one attached hydrogen (secondary N) is 1. The summed E-state index contributed by atoms with van der Waals surface area (Å²) in [4.78, 5) is 27.4. The molecule has 1 aliphatic heterocycles. The van der Waals surface area contributed by atoms with Crippen LogP contribution in [0.1, 0.15) is 24.1 Å². The normalized spacial score (nSPS) is 16.2. The molecule has 0 saturated heterocycles. The number of hydrogen-bond acceptors (Lipinski definition) is 5. The van der Waals surface area contributed by atoms with Crippen LogP contribution in [0.15, 0.2) is 59.8 Å². The minimum Gasteiger partial charge on any atom is -0.496 e. The van der Waals surface area contributed by atoms with E-state index in [0.717, 1.165) is 11.1 Å². The predicted octanol–water partition coefficient (Wildman–Crippen LogP) is 4.08. The van der Waals surface area contributed by atoms with Crippen molar-refractivity contribution < 1.29 is 23.8 Å². The van der Waals surface area contributed by atoms with Crippen molar-refractivity contribution in [2.75, 3.05) is 27.4 Å². The monoisotopic (exact) mass is 444 g/mol. The highest BCUT2D eigenvalue weighted by Crippen LogP contribution is 2.32. The SMILES string of the molecule is COCCN1C(=O)NC(c2ccc(Cl)cc2)C(C(=O)OCc2ccccc2OC)=C1C. The number of carbonyl (C=O) groups is 2. The fourth-order valence-corrected chi connectivity index (χ4v) is 3.57. The molecule has 1 atom stereocenters. The van der Waals surface area contributed by atoms with Gasteiger partial charge in [0, 0.05) is 23.4 Å². The average Bonchev–Trinajstić information content (AvgIpc) is 2.77. The van der Waals surface area contributed by atoms with E-state index in [0.29, 0.717) is 35.2 Å². The van der Waals surface area contributed by atoms with E-state index in [4.69, 9.17) is 25.8 Å². The van der Waals surface area contributed by atoms with Gasteiger partial charge in [0.1, 0.15) is 12.4 Å². The van der Waals surface area contributed by atoms with Crippen molar-refractivity contribution in [1.82, 2.24) is 10.2 Å². The Morgan fingerprint density at radius 3 is 2.52 bits per heavy atom. The van der Waals surface area contributed by atoms with E-state index in [1.807, 2.05) is 18.2 Å². The van der Waals surface area contributed by atoms with Crippen LogP contribution in [0.25, 0.3) is 0 Å². The number of para-hydroxylation sites is 1. The third-order valence-corrected chi connectivity index (χ3v) is 5.34. The molecule has 2 aromatic rings. The molecule has 0 saturated carbocycles. The van der Waals surface area contributed by atoms with Gasteiger partial charge < -0.3 is 19.5 Å². The molecule has 164 valence electrons. The summed E-state index contributed by atoms with van der Waals surface area (Å²) in [5.41, 5.74) is 2.35. The summed E-state index contributed by atoms with van der Waals surface area (Å²) in [6.07, 6.45) is 0. The van der Waals surface area contributed by atoms with E-state index in [1.165, 1.54) is 4.90 Å². The highest BCUT2D eigenvalue weighted by molar-refractivity contribution is 6.30. The zero-order chi connectivity index (χ0) is 22.4. The van der Waals surface area contributed by atoms with Gasteiger partial charge in [-0.2, -0.15) is 0 Å². The molecule has 1 N–H and O–H groups in total. The van der Waals surface area contributed by atoms with Crippen LogP contribution >= 0.6 is 11.6 Å². The molecule has 0 spiro atoms. The molecule has 2 amide bonds. The third kappa shape index (κ3) is 5.18. The van der Waals surface area contributed by atoms with E-state index in [9.17, 15) is 9.59 Å². The molecular weight excluding hydrogens is 420 g/mol. The number of ether oxygens (including phenoxy) is 3. The van der Waals surface area contributed by atoms with Crippen molar-refractivity contribution >= 4 is 23.6 Å². The fraction of sp³-hybridized carbons (Fsp3) is 0.304. The van der Waals surface area contributed by atoms with Crippen molar-refractivity contribution in [3.8, 4) is 5.75 Å². The molecule has 1 unspecified atom stereocenters. The first-order chi connectivity index (χ1) is 15.0. The van der Waals surface area contributed by atoms with Gasteiger partial charge in [0.2, 0.25) is 0 Å². The van der Waals surface area contributed by atoms with Gasteiger partial charge in [-0.1, -0.05) is 41.9 Å². The van der Waals surface area contributed by atoms with Crippen LogP contribution in [0.4, 0.5) is 4.79 Å². The largest absolute Gasteiger partial charge is 0.496 e. The van der Waals surface area contributed by atoms with E-state index >= 15 is 0 Å². The summed E-state index contributed by atoms with van der Waals surface area (Å²) in [5, 5.41) is 3.46. The van der Waals surface area contributed by atoms with Crippen molar-refractivity contribution in [3.63, 3.8) is 0 Å². The number of hydrogen-bond donors (Lipinski definition) is 1. The lowest BCUT2D eigenvalue weighted by atomic mass is 9.95.